The monoisotopic (exact) mass is 309 g/mol. The number of carbonyl (C=O) groups excluding carboxylic acids is 1. The Balaban J connectivity index is 1.92. The molecule has 0 saturated heterocycles. The van der Waals surface area contributed by atoms with Gasteiger partial charge < -0.3 is 5.32 Å². The topological polar surface area (TPSA) is 29.1 Å². The van der Waals surface area contributed by atoms with E-state index in [4.69, 9.17) is 0 Å². The Labute approximate surface area is 131 Å². The number of hydrogen-bond acceptors (Lipinski definition) is 1. The first-order chi connectivity index (χ1) is 11.1. The molecule has 3 aromatic rings. The van der Waals surface area contributed by atoms with Gasteiger partial charge in [0.2, 0.25) is 5.91 Å². The highest BCUT2D eigenvalue weighted by molar-refractivity contribution is 6.06. The molecule has 1 aliphatic heterocycles. The molecular formula is C19H13F2NO. The number of nitrogens with one attached hydrogen (secondary N) is 1. The van der Waals surface area contributed by atoms with E-state index in [0.29, 0.717) is 5.56 Å². The lowest BCUT2D eigenvalue weighted by molar-refractivity contribution is -0.116. The highest BCUT2D eigenvalue weighted by Gasteiger charge is 2.28. The van der Waals surface area contributed by atoms with Crippen molar-refractivity contribution in [3.8, 4) is 0 Å². The van der Waals surface area contributed by atoms with Crippen LogP contribution in [0.3, 0.4) is 0 Å². The first kappa shape index (κ1) is 13.9. The second-order valence-electron chi connectivity index (χ2n) is 5.73. The van der Waals surface area contributed by atoms with Crippen molar-refractivity contribution in [1.29, 1.82) is 0 Å². The van der Waals surface area contributed by atoms with Gasteiger partial charge in [-0.3, -0.25) is 4.79 Å². The molecule has 0 spiro atoms. The maximum Gasteiger partial charge on any atom is 0.225 e. The van der Waals surface area contributed by atoms with E-state index >= 15 is 0 Å². The molecule has 0 aliphatic carbocycles. The van der Waals surface area contributed by atoms with Crippen molar-refractivity contribution >= 4 is 22.4 Å². The third-order valence-electron chi connectivity index (χ3n) is 4.34. The van der Waals surface area contributed by atoms with Crippen molar-refractivity contribution in [1.82, 2.24) is 0 Å². The van der Waals surface area contributed by atoms with Crippen LogP contribution < -0.4 is 5.32 Å². The van der Waals surface area contributed by atoms with Crippen LogP contribution in [0.5, 0.6) is 0 Å². The van der Waals surface area contributed by atoms with Gasteiger partial charge in [0.1, 0.15) is 0 Å². The fourth-order valence-corrected chi connectivity index (χ4v) is 3.23. The van der Waals surface area contributed by atoms with Crippen molar-refractivity contribution < 1.29 is 13.6 Å². The van der Waals surface area contributed by atoms with Crippen LogP contribution in [0.25, 0.3) is 10.8 Å². The Kier molecular flexibility index (Phi) is 3.11. The van der Waals surface area contributed by atoms with Gasteiger partial charge in [0.15, 0.2) is 11.6 Å². The van der Waals surface area contributed by atoms with Crippen LogP contribution in [0.4, 0.5) is 14.5 Å². The first-order valence-electron chi connectivity index (χ1n) is 7.40. The van der Waals surface area contributed by atoms with E-state index < -0.39 is 11.6 Å². The molecule has 1 atom stereocenters. The number of halogens is 2. The Hall–Kier alpha value is -2.75. The number of benzene rings is 3. The van der Waals surface area contributed by atoms with Crippen molar-refractivity contribution in [3.63, 3.8) is 0 Å². The zero-order chi connectivity index (χ0) is 16.0. The molecule has 3 aromatic carbocycles. The molecule has 1 amide bonds. The number of carbonyl (C=O) groups is 1. The predicted molar refractivity (Wildman–Crippen MR) is 85.4 cm³/mol. The van der Waals surface area contributed by atoms with E-state index in [1.165, 1.54) is 6.07 Å². The normalized spacial score (nSPS) is 17.0. The molecule has 4 rings (SSSR count). The molecule has 0 unspecified atom stereocenters. The highest BCUT2D eigenvalue weighted by Crippen LogP contribution is 2.41. The molecule has 1 aliphatic rings. The lowest BCUT2D eigenvalue weighted by Gasteiger charge is -2.27. The predicted octanol–water partition coefficient (Wildman–Crippen LogP) is 4.59. The average Bonchev–Trinajstić information content (AvgIpc) is 2.56. The molecule has 23 heavy (non-hydrogen) atoms. The molecule has 114 valence electrons. The van der Waals surface area contributed by atoms with Gasteiger partial charge in [0.05, 0.1) is 5.69 Å². The van der Waals surface area contributed by atoms with Gasteiger partial charge in [-0.25, -0.2) is 8.78 Å². The van der Waals surface area contributed by atoms with Gasteiger partial charge in [-0.05, 0) is 28.6 Å². The molecular weight excluding hydrogens is 296 g/mol. The summed E-state index contributed by atoms with van der Waals surface area (Å²) >= 11 is 0. The minimum Gasteiger partial charge on any atom is -0.325 e. The van der Waals surface area contributed by atoms with E-state index in [1.54, 1.807) is 6.07 Å². The van der Waals surface area contributed by atoms with Gasteiger partial charge in [-0.1, -0.05) is 42.5 Å². The fourth-order valence-electron chi connectivity index (χ4n) is 3.23. The Morgan fingerprint density at radius 2 is 1.78 bits per heavy atom. The smallest absolute Gasteiger partial charge is 0.225 e. The van der Waals surface area contributed by atoms with Gasteiger partial charge in [-0.15, -0.1) is 0 Å². The lowest BCUT2D eigenvalue weighted by Crippen LogP contribution is -2.23. The molecule has 1 heterocycles. The maximum absolute atomic E-state index is 13.6. The second kappa shape index (κ2) is 5.16. The van der Waals surface area contributed by atoms with Crippen molar-refractivity contribution in [2.45, 2.75) is 12.3 Å². The fraction of sp³-hybridized carbons (Fsp3) is 0.105. The Morgan fingerprint density at radius 3 is 2.61 bits per heavy atom. The van der Waals surface area contributed by atoms with Crippen LogP contribution >= 0.6 is 0 Å². The summed E-state index contributed by atoms with van der Waals surface area (Å²) in [7, 11) is 0. The van der Waals surface area contributed by atoms with E-state index in [2.05, 4.69) is 5.32 Å². The summed E-state index contributed by atoms with van der Waals surface area (Å²) in [5.74, 6) is -2.18. The minimum absolute atomic E-state index is 0.122. The van der Waals surface area contributed by atoms with E-state index in [-0.39, 0.29) is 18.2 Å². The molecule has 0 radical (unpaired) electrons. The summed E-state index contributed by atoms with van der Waals surface area (Å²) in [4.78, 5) is 12.1. The zero-order valence-electron chi connectivity index (χ0n) is 12.1. The number of rotatable bonds is 1. The molecule has 0 saturated carbocycles. The van der Waals surface area contributed by atoms with E-state index in [1.807, 2.05) is 36.4 Å². The second-order valence-corrected chi connectivity index (χ2v) is 5.73. The van der Waals surface area contributed by atoms with Crippen LogP contribution in [0.15, 0.2) is 54.6 Å². The summed E-state index contributed by atoms with van der Waals surface area (Å²) in [6, 6.07) is 15.5. The highest BCUT2D eigenvalue weighted by atomic mass is 19.2. The third-order valence-corrected chi connectivity index (χ3v) is 4.34. The first-order valence-corrected chi connectivity index (χ1v) is 7.40. The quantitative estimate of drug-likeness (QED) is 0.700. The molecule has 0 fully saturated rings. The lowest BCUT2D eigenvalue weighted by atomic mass is 9.83. The summed E-state index contributed by atoms with van der Waals surface area (Å²) in [5, 5.41) is 4.90. The van der Waals surface area contributed by atoms with Crippen LogP contribution in [-0.4, -0.2) is 5.91 Å². The molecule has 2 nitrogen and oxygen atoms in total. The zero-order valence-corrected chi connectivity index (χ0v) is 12.1. The third kappa shape index (κ3) is 2.27. The van der Waals surface area contributed by atoms with E-state index in [0.717, 1.165) is 28.1 Å². The molecule has 1 N–H and O–H groups in total. The average molecular weight is 309 g/mol. The summed E-state index contributed by atoms with van der Waals surface area (Å²) in [5.41, 5.74) is 2.29. The summed E-state index contributed by atoms with van der Waals surface area (Å²) in [6.45, 7) is 0. The van der Waals surface area contributed by atoms with Gasteiger partial charge >= 0.3 is 0 Å². The summed E-state index contributed by atoms with van der Waals surface area (Å²) < 4.78 is 26.8. The standard InChI is InChI=1S/C19H13F2NO/c20-16-8-6-12(9-17(16)21)15-10-18(23)22-19-13-4-2-1-3-11(13)5-7-14(15)19/h1-9,15H,10H2,(H,22,23)/t15-/m1/s1. The maximum atomic E-state index is 13.6. The Morgan fingerprint density at radius 1 is 0.957 bits per heavy atom. The van der Waals surface area contributed by atoms with Gasteiger partial charge in [0.25, 0.3) is 0 Å². The molecule has 4 heteroatoms. The van der Waals surface area contributed by atoms with Crippen LogP contribution in [0, 0.1) is 11.6 Å². The summed E-state index contributed by atoms with van der Waals surface area (Å²) in [6.07, 6.45) is 0.219. The van der Waals surface area contributed by atoms with Crippen LogP contribution in [-0.2, 0) is 4.79 Å². The number of anilines is 1. The minimum atomic E-state index is -0.893. The van der Waals surface area contributed by atoms with Gasteiger partial charge in [0, 0.05) is 17.7 Å². The SMILES string of the molecule is O=C1C[C@H](c2ccc(F)c(F)c2)c2ccc3ccccc3c2N1. The van der Waals surface area contributed by atoms with Crippen molar-refractivity contribution in [2.75, 3.05) is 5.32 Å². The number of fused-ring (bicyclic) bond motifs is 3. The van der Waals surface area contributed by atoms with Gasteiger partial charge in [-0.2, -0.15) is 0 Å². The Bertz CT molecular complexity index is 936. The largest absolute Gasteiger partial charge is 0.325 e. The molecule has 0 aromatic heterocycles. The van der Waals surface area contributed by atoms with E-state index in [9.17, 15) is 13.6 Å². The van der Waals surface area contributed by atoms with Crippen LogP contribution in [0.2, 0.25) is 0 Å². The number of hydrogen-bond donors (Lipinski definition) is 1. The van der Waals surface area contributed by atoms with Crippen molar-refractivity contribution in [2.24, 2.45) is 0 Å². The van der Waals surface area contributed by atoms with Crippen LogP contribution in [0.1, 0.15) is 23.5 Å². The number of amides is 1. The molecule has 0 bridgehead atoms. The van der Waals surface area contributed by atoms with Crippen molar-refractivity contribution in [3.05, 3.63) is 77.4 Å².